The molecule has 1 aromatic heterocycles. The second-order valence-corrected chi connectivity index (χ2v) is 8.86. The average molecular weight is 544 g/mol. The van der Waals surface area contributed by atoms with Gasteiger partial charge in [0.1, 0.15) is 0 Å². The summed E-state index contributed by atoms with van der Waals surface area (Å²) in [6.45, 7) is 0.165. The second-order valence-electron chi connectivity index (χ2n) is 7.58. The number of pyridine rings is 1. The number of aliphatic imine (C=N–C) groups is 1. The smallest absolute Gasteiger partial charge is 0.374 e. The molecule has 0 saturated carbocycles. The number of hydroxylamine groups is 1. The van der Waals surface area contributed by atoms with E-state index in [2.05, 4.69) is 15.1 Å². The molecule has 0 amide bonds. The van der Waals surface area contributed by atoms with E-state index in [4.69, 9.17) is 39.6 Å². The van der Waals surface area contributed by atoms with Crippen LogP contribution in [-0.2, 0) is 17.0 Å². The van der Waals surface area contributed by atoms with Gasteiger partial charge in [0.15, 0.2) is 5.84 Å². The first-order valence-electron chi connectivity index (χ1n) is 10.1. The Hall–Kier alpha value is -2.85. The Kier molecular flexibility index (Phi) is 7.23. The van der Waals surface area contributed by atoms with Crippen molar-refractivity contribution in [2.24, 2.45) is 10.1 Å². The maximum Gasteiger partial charge on any atom is 0.435 e. The molecule has 2 aromatic carbocycles. The molecule has 6 nitrogen and oxygen atoms in total. The van der Waals surface area contributed by atoms with E-state index in [1.54, 1.807) is 24.4 Å². The Morgan fingerprint density at radius 2 is 1.83 bits per heavy atom. The van der Waals surface area contributed by atoms with Crippen LogP contribution in [0.5, 0.6) is 0 Å². The quantitative estimate of drug-likeness (QED) is 0.217. The van der Waals surface area contributed by atoms with Crippen molar-refractivity contribution in [3.05, 3.63) is 98.2 Å². The van der Waals surface area contributed by atoms with Crippen LogP contribution in [0.4, 0.5) is 13.2 Å². The fourth-order valence-electron chi connectivity index (χ4n) is 3.56. The molecule has 0 fully saturated rings. The molecule has 182 valence electrons. The number of benzene rings is 2. The van der Waals surface area contributed by atoms with Gasteiger partial charge < -0.3 is 4.84 Å². The summed E-state index contributed by atoms with van der Waals surface area (Å²) in [6.07, 6.45) is -3.83. The van der Waals surface area contributed by atoms with Gasteiger partial charge in [0.2, 0.25) is 0 Å². The Bertz CT molecular complexity index is 1280. The van der Waals surface area contributed by atoms with Crippen LogP contribution >= 0.6 is 34.8 Å². The van der Waals surface area contributed by atoms with Crippen molar-refractivity contribution in [3.63, 3.8) is 0 Å². The number of alkyl halides is 3. The van der Waals surface area contributed by atoms with Crippen LogP contribution in [0.25, 0.3) is 0 Å². The lowest BCUT2D eigenvalue weighted by Crippen LogP contribution is -2.42. The summed E-state index contributed by atoms with van der Waals surface area (Å²) in [5.74, 6) is 0.0648. The SMILES string of the molecule is ONC(=NCc1ccccn1)c1ccc(C2=NOC(c3cc(Cl)cc(Cl)c3)(C(F)(F)F)C2)cc1Cl. The van der Waals surface area contributed by atoms with Gasteiger partial charge in [-0.15, -0.1) is 0 Å². The summed E-state index contributed by atoms with van der Waals surface area (Å²) >= 11 is 18.3. The summed E-state index contributed by atoms with van der Waals surface area (Å²) in [4.78, 5) is 13.4. The molecule has 2 N–H and O–H groups in total. The van der Waals surface area contributed by atoms with Crippen LogP contribution < -0.4 is 5.48 Å². The highest BCUT2D eigenvalue weighted by atomic mass is 35.5. The zero-order valence-corrected chi connectivity index (χ0v) is 19.9. The summed E-state index contributed by atoms with van der Waals surface area (Å²) in [5, 5.41) is 13.5. The average Bonchev–Trinajstić information content (AvgIpc) is 3.27. The van der Waals surface area contributed by atoms with Gasteiger partial charge in [0.05, 0.1) is 23.0 Å². The summed E-state index contributed by atoms with van der Waals surface area (Å²) < 4.78 is 42.6. The highest BCUT2D eigenvalue weighted by Crippen LogP contribution is 2.49. The topological polar surface area (TPSA) is 79.1 Å². The molecule has 0 aliphatic carbocycles. The number of halogens is 6. The third-order valence-electron chi connectivity index (χ3n) is 5.30. The van der Waals surface area contributed by atoms with Crippen molar-refractivity contribution in [2.45, 2.75) is 24.7 Å². The van der Waals surface area contributed by atoms with Gasteiger partial charge in [0.25, 0.3) is 5.60 Å². The van der Waals surface area contributed by atoms with E-state index in [1.165, 1.54) is 24.3 Å². The molecule has 1 aliphatic rings. The van der Waals surface area contributed by atoms with Crippen molar-refractivity contribution in [1.82, 2.24) is 10.5 Å². The van der Waals surface area contributed by atoms with Crippen molar-refractivity contribution >= 4 is 46.4 Å². The first-order valence-corrected chi connectivity index (χ1v) is 11.2. The number of oxime groups is 1. The van der Waals surface area contributed by atoms with Gasteiger partial charge in [-0.25, -0.2) is 0 Å². The largest absolute Gasteiger partial charge is 0.435 e. The third-order valence-corrected chi connectivity index (χ3v) is 6.05. The molecule has 0 radical (unpaired) electrons. The maximum absolute atomic E-state index is 14.2. The lowest BCUT2D eigenvalue weighted by Gasteiger charge is -2.29. The van der Waals surface area contributed by atoms with Gasteiger partial charge in [0, 0.05) is 39.4 Å². The van der Waals surface area contributed by atoms with Crippen LogP contribution in [0.3, 0.4) is 0 Å². The Morgan fingerprint density at radius 3 is 2.43 bits per heavy atom. The number of hydrogen-bond donors (Lipinski definition) is 2. The molecule has 35 heavy (non-hydrogen) atoms. The molecule has 1 aliphatic heterocycles. The van der Waals surface area contributed by atoms with Crippen molar-refractivity contribution in [3.8, 4) is 0 Å². The van der Waals surface area contributed by atoms with Crippen LogP contribution in [0, 0.1) is 0 Å². The van der Waals surface area contributed by atoms with E-state index < -0.39 is 18.2 Å². The van der Waals surface area contributed by atoms with Gasteiger partial charge in [-0.05, 0) is 42.5 Å². The van der Waals surface area contributed by atoms with Crippen LogP contribution in [-0.4, -0.2) is 27.9 Å². The van der Waals surface area contributed by atoms with Gasteiger partial charge in [-0.3, -0.25) is 20.7 Å². The van der Waals surface area contributed by atoms with Crippen molar-refractivity contribution < 1.29 is 23.2 Å². The van der Waals surface area contributed by atoms with Crippen LogP contribution in [0.15, 0.2) is 70.9 Å². The van der Waals surface area contributed by atoms with E-state index in [0.29, 0.717) is 16.8 Å². The molecule has 4 rings (SSSR count). The Balaban J connectivity index is 1.62. The highest BCUT2D eigenvalue weighted by Gasteiger charge is 2.62. The lowest BCUT2D eigenvalue weighted by atomic mass is 9.86. The van der Waals surface area contributed by atoms with Gasteiger partial charge in [-0.1, -0.05) is 52.1 Å². The molecule has 1 atom stereocenters. The van der Waals surface area contributed by atoms with E-state index in [-0.39, 0.29) is 38.7 Å². The zero-order chi connectivity index (χ0) is 25.2. The standard InChI is InChI=1S/C23H16Cl3F3N4O2/c24-15-8-14(9-16(25)10-15)22(23(27,28)29)11-20(33-35-22)13-4-5-18(19(26)7-13)21(32-34)31-12-17-3-1-2-6-30-17/h1-10,34H,11-12H2,(H,31,32). The number of rotatable bonds is 5. The lowest BCUT2D eigenvalue weighted by molar-refractivity contribution is -0.275. The Morgan fingerprint density at radius 1 is 1.09 bits per heavy atom. The van der Waals surface area contributed by atoms with E-state index in [9.17, 15) is 18.4 Å². The summed E-state index contributed by atoms with van der Waals surface area (Å²) in [5.41, 5.74) is 0.288. The number of amidine groups is 1. The van der Waals surface area contributed by atoms with Crippen LogP contribution in [0.2, 0.25) is 15.1 Å². The van der Waals surface area contributed by atoms with Crippen molar-refractivity contribution in [1.29, 1.82) is 0 Å². The molecular weight excluding hydrogens is 528 g/mol. The second kappa shape index (κ2) is 10.0. The fraction of sp³-hybridized carbons (Fsp3) is 0.174. The molecule has 2 heterocycles. The number of aromatic nitrogens is 1. The fourth-order valence-corrected chi connectivity index (χ4v) is 4.36. The van der Waals surface area contributed by atoms with Gasteiger partial charge >= 0.3 is 6.18 Å². The number of nitrogens with one attached hydrogen (secondary N) is 1. The predicted molar refractivity (Wildman–Crippen MR) is 127 cm³/mol. The zero-order valence-electron chi connectivity index (χ0n) is 17.7. The minimum absolute atomic E-state index is 0.0239. The minimum Gasteiger partial charge on any atom is -0.374 e. The van der Waals surface area contributed by atoms with E-state index >= 15 is 0 Å². The predicted octanol–water partition coefficient (Wildman–Crippen LogP) is 6.55. The Labute approximate surface area is 213 Å². The highest BCUT2D eigenvalue weighted by molar-refractivity contribution is 6.35. The van der Waals surface area contributed by atoms with Crippen LogP contribution in [0.1, 0.15) is 28.8 Å². The monoisotopic (exact) mass is 542 g/mol. The summed E-state index contributed by atoms with van der Waals surface area (Å²) in [7, 11) is 0. The molecule has 0 spiro atoms. The first-order chi connectivity index (χ1) is 16.6. The third kappa shape index (κ3) is 5.23. The summed E-state index contributed by atoms with van der Waals surface area (Å²) in [6, 6.07) is 13.4. The van der Waals surface area contributed by atoms with Gasteiger partial charge in [-0.2, -0.15) is 13.2 Å². The first kappa shape index (κ1) is 25.2. The molecule has 3 aromatic rings. The molecule has 1 unspecified atom stereocenters. The van der Waals surface area contributed by atoms with Crippen molar-refractivity contribution in [2.75, 3.05) is 0 Å². The van der Waals surface area contributed by atoms with E-state index in [1.807, 2.05) is 5.48 Å². The molecular formula is C23H16Cl3F3N4O2. The normalized spacial score (nSPS) is 18.3. The molecule has 0 saturated heterocycles. The van der Waals surface area contributed by atoms with E-state index in [0.717, 1.165) is 12.1 Å². The minimum atomic E-state index is -4.82. The molecule has 0 bridgehead atoms. The number of hydrogen-bond acceptors (Lipinski definition) is 5. The maximum atomic E-state index is 14.2. The molecule has 12 heteroatoms. The number of nitrogens with zero attached hydrogens (tertiary/aromatic N) is 3.